The van der Waals surface area contributed by atoms with Crippen molar-refractivity contribution in [2.45, 2.75) is 19.9 Å². The molecule has 1 aromatic carbocycles. The first-order valence-corrected chi connectivity index (χ1v) is 6.53. The quantitative estimate of drug-likeness (QED) is 0.826. The maximum absolute atomic E-state index is 5.78. The zero-order valence-electron chi connectivity index (χ0n) is 9.84. The van der Waals surface area contributed by atoms with Gasteiger partial charge in [0.25, 0.3) is 0 Å². The molecule has 0 fully saturated rings. The van der Waals surface area contributed by atoms with Crippen LogP contribution in [0.4, 0.5) is 10.8 Å². The fourth-order valence-corrected chi connectivity index (χ4v) is 2.32. The summed E-state index contributed by atoms with van der Waals surface area (Å²) >= 11 is 1.57. The van der Waals surface area contributed by atoms with E-state index in [1.54, 1.807) is 16.8 Å². The van der Waals surface area contributed by atoms with Crippen LogP contribution in [0.5, 0.6) is 0 Å². The van der Waals surface area contributed by atoms with Crippen LogP contribution in [-0.4, -0.2) is 16.7 Å². The average molecular weight is 248 g/mol. The van der Waals surface area contributed by atoms with Gasteiger partial charge in [-0.2, -0.15) is 0 Å². The van der Waals surface area contributed by atoms with Gasteiger partial charge in [-0.25, -0.2) is 0 Å². The third-order valence-corrected chi connectivity index (χ3v) is 3.19. The molecule has 17 heavy (non-hydrogen) atoms. The van der Waals surface area contributed by atoms with Crippen molar-refractivity contribution in [3.63, 3.8) is 0 Å². The van der Waals surface area contributed by atoms with Crippen LogP contribution in [0.15, 0.2) is 29.8 Å². The van der Waals surface area contributed by atoms with Crippen molar-refractivity contribution in [2.24, 2.45) is 0 Å². The van der Waals surface area contributed by atoms with Gasteiger partial charge >= 0.3 is 0 Å². The highest BCUT2D eigenvalue weighted by atomic mass is 32.1. The van der Waals surface area contributed by atoms with Gasteiger partial charge in [-0.05, 0) is 24.1 Å². The molecule has 2 N–H and O–H groups in total. The van der Waals surface area contributed by atoms with Crippen molar-refractivity contribution >= 4 is 22.2 Å². The Morgan fingerprint density at radius 2 is 2.29 bits per heavy atom. The lowest BCUT2D eigenvalue weighted by Crippen LogP contribution is -2.23. The van der Waals surface area contributed by atoms with Gasteiger partial charge in [0.15, 0.2) is 0 Å². The predicted octanol–water partition coefficient (Wildman–Crippen LogP) is 2.54. The molecule has 5 heteroatoms. The third kappa shape index (κ3) is 3.17. The maximum atomic E-state index is 5.78. The first kappa shape index (κ1) is 11.9. The lowest BCUT2D eigenvalue weighted by molar-refractivity contribution is 0.757. The number of hydrogen-bond acceptors (Lipinski definition) is 5. The molecule has 0 aliphatic heterocycles. The second-order valence-corrected chi connectivity index (χ2v) is 4.70. The monoisotopic (exact) mass is 248 g/mol. The Labute approximate surface area is 105 Å². The first-order valence-electron chi connectivity index (χ1n) is 5.65. The highest BCUT2D eigenvalue weighted by Crippen LogP contribution is 2.19. The van der Waals surface area contributed by atoms with Gasteiger partial charge in [-0.15, -0.1) is 10.2 Å². The second-order valence-electron chi connectivity index (χ2n) is 3.89. The summed E-state index contributed by atoms with van der Waals surface area (Å²) in [4.78, 5) is 2.23. The molecule has 1 aromatic heterocycles. The number of hydrogen-bond donors (Lipinski definition) is 1. The minimum atomic E-state index is 0.802. The number of nitrogens with zero attached hydrogens (tertiary/aromatic N) is 3. The standard InChI is InChI=1S/C12H16N4S/c1-2-6-16(12-15-14-9-17-12)8-10-4-3-5-11(13)7-10/h3-5,7,9H,2,6,8,13H2,1H3. The molecule has 0 bridgehead atoms. The molecule has 0 saturated carbocycles. The highest BCUT2D eigenvalue weighted by molar-refractivity contribution is 7.13. The van der Waals surface area contributed by atoms with E-state index >= 15 is 0 Å². The van der Waals surface area contributed by atoms with Gasteiger partial charge in [0.1, 0.15) is 5.51 Å². The van der Waals surface area contributed by atoms with Crippen molar-refractivity contribution in [1.82, 2.24) is 10.2 Å². The molecule has 0 amide bonds. The van der Waals surface area contributed by atoms with Crippen LogP contribution < -0.4 is 10.6 Å². The van der Waals surface area contributed by atoms with E-state index in [1.165, 1.54) is 5.56 Å². The summed E-state index contributed by atoms with van der Waals surface area (Å²) in [5.41, 5.74) is 9.55. The fraction of sp³-hybridized carbons (Fsp3) is 0.333. The molecule has 0 atom stereocenters. The van der Waals surface area contributed by atoms with Gasteiger partial charge < -0.3 is 10.6 Å². The molecule has 4 nitrogen and oxygen atoms in total. The lowest BCUT2D eigenvalue weighted by atomic mass is 10.2. The van der Waals surface area contributed by atoms with Crippen molar-refractivity contribution in [3.8, 4) is 0 Å². The van der Waals surface area contributed by atoms with Crippen molar-refractivity contribution in [2.75, 3.05) is 17.2 Å². The van der Waals surface area contributed by atoms with Crippen LogP contribution in [0.3, 0.4) is 0 Å². The van der Waals surface area contributed by atoms with Crippen molar-refractivity contribution < 1.29 is 0 Å². The highest BCUT2D eigenvalue weighted by Gasteiger charge is 2.09. The van der Waals surface area contributed by atoms with Crippen LogP contribution in [0.1, 0.15) is 18.9 Å². The van der Waals surface area contributed by atoms with Gasteiger partial charge in [0.05, 0.1) is 0 Å². The molecule has 0 unspecified atom stereocenters. The minimum absolute atomic E-state index is 0.802. The molecule has 0 saturated heterocycles. The van der Waals surface area contributed by atoms with E-state index in [0.29, 0.717) is 0 Å². The van der Waals surface area contributed by atoms with E-state index in [1.807, 2.05) is 18.2 Å². The summed E-state index contributed by atoms with van der Waals surface area (Å²) in [6.45, 7) is 3.96. The molecular formula is C12H16N4S. The molecular weight excluding hydrogens is 232 g/mol. The lowest BCUT2D eigenvalue weighted by Gasteiger charge is -2.20. The number of rotatable bonds is 5. The van der Waals surface area contributed by atoms with Crippen LogP contribution in [-0.2, 0) is 6.54 Å². The molecule has 1 heterocycles. The minimum Gasteiger partial charge on any atom is -0.399 e. The summed E-state index contributed by atoms with van der Waals surface area (Å²) in [6.07, 6.45) is 1.09. The number of nitrogen functional groups attached to an aromatic ring is 1. The smallest absolute Gasteiger partial charge is 0.208 e. The van der Waals surface area contributed by atoms with Gasteiger partial charge in [-0.1, -0.05) is 30.4 Å². The van der Waals surface area contributed by atoms with Crippen molar-refractivity contribution in [1.29, 1.82) is 0 Å². The molecule has 2 aromatic rings. The van der Waals surface area contributed by atoms with Crippen molar-refractivity contribution in [3.05, 3.63) is 35.3 Å². The normalized spacial score (nSPS) is 10.4. The molecule has 0 radical (unpaired) electrons. The zero-order chi connectivity index (χ0) is 12.1. The molecule has 2 rings (SSSR count). The third-order valence-electron chi connectivity index (χ3n) is 2.44. The molecule has 0 aliphatic carbocycles. The van der Waals surface area contributed by atoms with Crippen LogP contribution in [0, 0.1) is 0 Å². The summed E-state index contributed by atoms with van der Waals surface area (Å²) < 4.78 is 0. The Kier molecular flexibility index (Phi) is 3.93. The average Bonchev–Trinajstić information content (AvgIpc) is 2.82. The van der Waals surface area contributed by atoms with E-state index in [9.17, 15) is 0 Å². The van der Waals surface area contributed by atoms with E-state index in [-0.39, 0.29) is 0 Å². The molecule has 90 valence electrons. The SMILES string of the molecule is CCCN(Cc1cccc(N)c1)c1nncs1. The number of benzene rings is 1. The second kappa shape index (κ2) is 5.63. The summed E-state index contributed by atoms with van der Waals surface area (Å²) in [5.74, 6) is 0. The van der Waals surface area contributed by atoms with Gasteiger partial charge in [-0.3, -0.25) is 0 Å². The first-order chi connectivity index (χ1) is 8.29. The van der Waals surface area contributed by atoms with Crippen LogP contribution in [0.2, 0.25) is 0 Å². The fourth-order valence-electron chi connectivity index (χ4n) is 1.73. The van der Waals surface area contributed by atoms with Gasteiger partial charge in [0.2, 0.25) is 5.13 Å². The summed E-state index contributed by atoms with van der Waals surface area (Å²) in [7, 11) is 0. The van der Waals surface area contributed by atoms with E-state index in [4.69, 9.17) is 5.73 Å². The van der Waals surface area contributed by atoms with Crippen LogP contribution in [0.25, 0.3) is 0 Å². The number of nitrogens with two attached hydrogens (primary N) is 1. The topological polar surface area (TPSA) is 55.0 Å². The Bertz CT molecular complexity index is 455. The Balaban J connectivity index is 2.13. The summed E-state index contributed by atoms with van der Waals surface area (Å²) in [5, 5.41) is 8.97. The number of aromatic nitrogens is 2. The predicted molar refractivity (Wildman–Crippen MR) is 72.1 cm³/mol. The van der Waals surface area contributed by atoms with E-state index in [2.05, 4.69) is 28.1 Å². The number of anilines is 2. The Hall–Kier alpha value is -1.62. The Morgan fingerprint density at radius 3 is 2.94 bits per heavy atom. The van der Waals surface area contributed by atoms with E-state index < -0.39 is 0 Å². The zero-order valence-corrected chi connectivity index (χ0v) is 10.7. The molecule has 0 spiro atoms. The summed E-state index contributed by atoms with van der Waals surface area (Å²) in [6, 6.07) is 7.97. The Morgan fingerprint density at radius 1 is 1.41 bits per heavy atom. The maximum Gasteiger partial charge on any atom is 0.208 e. The van der Waals surface area contributed by atoms with Crippen LogP contribution >= 0.6 is 11.3 Å². The van der Waals surface area contributed by atoms with Gasteiger partial charge in [0, 0.05) is 18.8 Å². The largest absolute Gasteiger partial charge is 0.399 e. The van der Waals surface area contributed by atoms with E-state index in [0.717, 1.165) is 30.3 Å². The molecule has 0 aliphatic rings.